The van der Waals surface area contributed by atoms with Crippen molar-refractivity contribution in [2.24, 2.45) is 0 Å². The Morgan fingerprint density at radius 2 is 2.13 bits per heavy atom. The van der Waals surface area contributed by atoms with Crippen LogP contribution in [0.5, 0.6) is 0 Å². The highest BCUT2D eigenvalue weighted by atomic mass is 32.2. The third kappa shape index (κ3) is 4.28. The summed E-state index contributed by atoms with van der Waals surface area (Å²) in [6.07, 6.45) is 5.86. The van der Waals surface area contributed by atoms with Crippen LogP contribution in [0.4, 0.5) is 0 Å². The number of carbonyl (C=O) groups excluding carboxylic acids is 2. The van der Waals surface area contributed by atoms with Crippen molar-refractivity contribution in [3.8, 4) is 11.4 Å². The first kappa shape index (κ1) is 20.3. The molecule has 1 aliphatic heterocycles. The number of hydrogen-bond donors (Lipinski definition) is 0. The number of nitrogens with zero attached hydrogens (tertiary/aromatic N) is 6. The molecular weight excluding hydrogens is 404 g/mol. The molecule has 0 N–H and O–H groups in total. The number of amides is 1. The molecule has 0 unspecified atom stereocenters. The van der Waals surface area contributed by atoms with Gasteiger partial charge in [-0.25, -0.2) is 4.79 Å². The average Bonchev–Trinajstić information content (AvgIpc) is 3.21. The van der Waals surface area contributed by atoms with Gasteiger partial charge in [0.2, 0.25) is 5.91 Å². The number of rotatable bonds is 6. The largest absolute Gasteiger partial charge is 0.464 e. The van der Waals surface area contributed by atoms with Gasteiger partial charge < -0.3 is 9.64 Å². The van der Waals surface area contributed by atoms with Crippen LogP contribution in [0.3, 0.4) is 0 Å². The first-order valence-corrected chi connectivity index (χ1v) is 10.9. The van der Waals surface area contributed by atoms with Crippen LogP contribution < -0.4 is 0 Å². The van der Waals surface area contributed by atoms with Crippen molar-refractivity contribution in [3.63, 3.8) is 0 Å². The summed E-state index contributed by atoms with van der Waals surface area (Å²) in [4.78, 5) is 30.8. The fourth-order valence-electron chi connectivity index (χ4n) is 3.46. The number of ether oxygens (including phenoxy) is 1. The van der Waals surface area contributed by atoms with Crippen LogP contribution in [0.1, 0.15) is 26.2 Å². The fraction of sp³-hybridized carbons (Fsp3) is 0.400. The zero-order chi connectivity index (χ0) is 20.9. The minimum atomic E-state index is -0.489. The predicted molar refractivity (Wildman–Crippen MR) is 111 cm³/mol. The quantitative estimate of drug-likeness (QED) is 0.437. The van der Waals surface area contributed by atoms with E-state index < -0.39 is 6.04 Å². The Kier molecular flexibility index (Phi) is 6.22. The lowest BCUT2D eigenvalue weighted by Gasteiger charge is -2.33. The highest BCUT2D eigenvalue weighted by Crippen LogP contribution is 2.23. The van der Waals surface area contributed by atoms with E-state index in [9.17, 15) is 9.59 Å². The molecule has 0 aliphatic carbocycles. The normalized spacial score (nSPS) is 16.6. The van der Waals surface area contributed by atoms with Gasteiger partial charge in [0.1, 0.15) is 11.1 Å². The highest BCUT2D eigenvalue weighted by Gasteiger charge is 2.33. The molecule has 10 heteroatoms. The fourth-order valence-corrected chi connectivity index (χ4v) is 4.20. The summed E-state index contributed by atoms with van der Waals surface area (Å²) in [6.45, 7) is 2.66. The van der Waals surface area contributed by atoms with Crippen molar-refractivity contribution in [2.45, 2.75) is 37.3 Å². The van der Waals surface area contributed by atoms with Gasteiger partial charge in [-0.05, 0) is 50.5 Å². The first-order valence-electron chi connectivity index (χ1n) is 9.89. The van der Waals surface area contributed by atoms with E-state index in [0.29, 0.717) is 36.1 Å². The number of carbonyl (C=O) groups is 2. The van der Waals surface area contributed by atoms with Gasteiger partial charge in [0.25, 0.3) is 0 Å². The Hall–Kier alpha value is -3.01. The van der Waals surface area contributed by atoms with E-state index in [4.69, 9.17) is 4.74 Å². The van der Waals surface area contributed by atoms with Crippen molar-refractivity contribution in [1.82, 2.24) is 29.7 Å². The number of aromatic nitrogens is 5. The van der Waals surface area contributed by atoms with Gasteiger partial charge in [-0.3, -0.25) is 9.78 Å². The van der Waals surface area contributed by atoms with Crippen molar-refractivity contribution in [1.29, 1.82) is 0 Å². The van der Waals surface area contributed by atoms with Crippen LogP contribution in [-0.2, 0) is 14.3 Å². The standard InChI is InChI=1S/C20H22N6O3S/c1-2-29-20(28)15-7-3-4-11-25(15)18(27)13-30-17-9-8-16-22-23-19(26(16)24-17)14-6-5-10-21-12-14/h5-6,8-10,12,15H,2-4,7,11,13H2,1H3/t15-/m1/s1. The maximum Gasteiger partial charge on any atom is 0.328 e. The van der Waals surface area contributed by atoms with Gasteiger partial charge in [0.05, 0.1) is 12.4 Å². The minimum Gasteiger partial charge on any atom is -0.464 e. The molecule has 1 aliphatic rings. The lowest BCUT2D eigenvalue weighted by molar-refractivity contribution is -0.155. The van der Waals surface area contributed by atoms with E-state index in [1.165, 1.54) is 11.8 Å². The van der Waals surface area contributed by atoms with Crippen LogP contribution in [-0.4, -0.2) is 66.5 Å². The minimum absolute atomic E-state index is 0.0871. The molecule has 9 nitrogen and oxygen atoms in total. The summed E-state index contributed by atoms with van der Waals surface area (Å²) in [7, 11) is 0. The van der Waals surface area contributed by atoms with Gasteiger partial charge in [-0.1, -0.05) is 11.8 Å². The SMILES string of the molecule is CCOC(=O)[C@H]1CCCCN1C(=O)CSc1ccc2nnc(-c3cccnc3)n2n1. The third-order valence-electron chi connectivity index (χ3n) is 4.88. The zero-order valence-corrected chi connectivity index (χ0v) is 17.4. The number of esters is 1. The topological polar surface area (TPSA) is 103 Å². The summed E-state index contributed by atoms with van der Waals surface area (Å²) in [5.74, 6) is 0.376. The molecule has 0 saturated carbocycles. The molecule has 0 radical (unpaired) electrons. The van der Waals surface area contributed by atoms with Crippen LogP contribution in [0.25, 0.3) is 17.0 Å². The molecule has 4 rings (SSSR count). The van der Waals surface area contributed by atoms with Gasteiger partial charge in [-0.2, -0.15) is 9.61 Å². The number of likely N-dealkylation sites (tertiary alicyclic amines) is 1. The molecule has 3 aromatic heterocycles. The van der Waals surface area contributed by atoms with E-state index in [2.05, 4.69) is 20.3 Å². The summed E-state index contributed by atoms with van der Waals surface area (Å²) < 4.78 is 6.79. The van der Waals surface area contributed by atoms with E-state index >= 15 is 0 Å². The number of thioether (sulfide) groups is 1. The number of piperidine rings is 1. The molecule has 1 saturated heterocycles. The maximum atomic E-state index is 12.8. The van der Waals surface area contributed by atoms with Gasteiger partial charge in [-0.15, -0.1) is 10.2 Å². The molecule has 1 atom stereocenters. The predicted octanol–water partition coefficient (Wildman–Crippen LogP) is 2.22. The second-order valence-electron chi connectivity index (χ2n) is 6.85. The molecule has 1 fully saturated rings. The van der Waals surface area contributed by atoms with Crippen LogP contribution >= 0.6 is 11.8 Å². The van der Waals surface area contributed by atoms with E-state index in [0.717, 1.165) is 18.4 Å². The maximum absolute atomic E-state index is 12.8. The lowest BCUT2D eigenvalue weighted by Crippen LogP contribution is -2.49. The van der Waals surface area contributed by atoms with Gasteiger partial charge in [0.15, 0.2) is 11.5 Å². The molecule has 30 heavy (non-hydrogen) atoms. The van der Waals surface area contributed by atoms with Gasteiger partial charge >= 0.3 is 5.97 Å². The zero-order valence-electron chi connectivity index (χ0n) is 16.6. The molecular formula is C20H22N6O3S. The van der Waals surface area contributed by atoms with E-state index in [-0.39, 0.29) is 17.6 Å². The van der Waals surface area contributed by atoms with Crippen molar-refractivity contribution >= 4 is 29.3 Å². The Balaban J connectivity index is 1.48. The Labute approximate surface area is 177 Å². The summed E-state index contributed by atoms with van der Waals surface area (Å²) in [5, 5.41) is 13.6. The van der Waals surface area contributed by atoms with Crippen molar-refractivity contribution in [3.05, 3.63) is 36.7 Å². The first-order chi connectivity index (χ1) is 14.7. The Bertz CT molecular complexity index is 1040. The molecule has 0 aromatic carbocycles. The third-order valence-corrected chi connectivity index (χ3v) is 5.79. The molecule has 4 heterocycles. The highest BCUT2D eigenvalue weighted by molar-refractivity contribution is 7.99. The van der Waals surface area contributed by atoms with Crippen LogP contribution in [0.2, 0.25) is 0 Å². The Morgan fingerprint density at radius 1 is 1.23 bits per heavy atom. The van der Waals surface area contributed by atoms with Crippen molar-refractivity contribution in [2.75, 3.05) is 18.9 Å². The molecule has 1 amide bonds. The molecule has 3 aromatic rings. The van der Waals surface area contributed by atoms with E-state index in [1.807, 2.05) is 24.3 Å². The summed E-state index contributed by atoms with van der Waals surface area (Å²) >= 11 is 1.32. The molecule has 0 bridgehead atoms. The van der Waals surface area contributed by atoms with Crippen molar-refractivity contribution < 1.29 is 14.3 Å². The second kappa shape index (κ2) is 9.21. The van der Waals surface area contributed by atoms with Crippen LogP contribution in [0, 0.1) is 0 Å². The second-order valence-corrected chi connectivity index (χ2v) is 7.84. The smallest absolute Gasteiger partial charge is 0.328 e. The monoisotopic (exact) mass is 426 g/mol. The van der Waals surface area contributed by atoms with Gasteiger partial charge in [0, 0.05) is 24.5 Å². The summed E-state index contributed by atoms with van der Waals surface area (Å²) in [5.41, 5.74) is 1.42. The van der Waals surface area contributed by atoms with Crippen LogP contribution in [0.15, 0.2) is 41.7 Å². The van der Waals surface area contributed by atoms with E-state index in [1.54, 1.807) is 28.7 Å². The summed E-state index contributed by atoms with van der Waals surface area (Å²) in [6, 6.07) is 6.85. The molecule has 156 valence electrons. The Morgan fingerprint density at radius 3 is 2.93 bits per heavy atom. The number of pyridine rings is 1. The molecule has 0 spiro atoms. The lowest BCUT2D eigenvalue weighted by atomic mass is 10.0. The number of hydrogen-bond acceptors (Lipinski definition) is 8. The average molecular weight is 427 g/mol. The number of fused-ring (bicyclic) bond motifs is 1.